The van der Waals surface area contributed by atoms with E-state index in [0.29, 0.717) is 34.6 Å². The molecule has 0 unspecified atom stereocenters. The molecule has 0 aliphatic carbocycles. The lowest BCUT2D eigenvalue weighted by Gasteiger charge is -2.29. The van der Waals surface area contributed by atoms with Crippen molar-refractivity contribution in [2.24, 2.45) is 0 Å². The van der Waals surface area contributed by atoms with Gasteiger partial charge in [-0.2, -0.15) is 5.10 Å². The number of halogens is 2. The third-order valence-electron chi connectivity index (χ3n) is 5.07. The van der Waals surface area contributed by atoms with Crippen LogP contribution in [0.4, 0.5) is 5.82 Å². The fourth-order valence-corrected chi connectivity index (χ4v) is 5.43. The Morgan fingerprint density at radius 2 is 2.22 bits per heavy atom. The predicted octanol–water partition coefficient (Wildman–Crippen LogP) is 3.63. The zero-order chi connectivity index (χ0) is 19.2. The number of amides is 2. The summed E-state index contributed by atoms with van der Waals surface area (Å²) in [7, 11) is 0. The first-order valence-electron chi connectivity index (χ1n) is 8.61. The van der Waals surface area contributed by atoms with E-state index in [-0.39, 0.29) is 16.7 Å². The van der Waals surface area contributed by atoms with Crippen LogP contribution in [-0.2, 0) is 16.1 Å². The van der Waals surface area contributed by atoms with Gasteiger partial charge in [-0.1, -0.05) is 35.3 Å². The topological polar surface area (TPSA) is 67.2 Å². The summed E-state index contributed by atoms with van der Waals surface area (Å²) in [6.07, 6.45) is 2.90. The molecule has 2 aliphatic heterocycles. The zero-order valence-corrected chi connectivity index (χ0v) is 16.9. The van der Waals surface area contributed by atoms with Gasteiger partial charge in [-0.25, -0.2) is 4.68 Å². The average molecular weight is 425 g/mol. The van der Waals surface area contributed by atoms with E-state index in [2.05, 4.69) is 10.4 Å². The summed E-state index contributed by atoms with van der Waals surface area (Å²) in [5.41, 5.74) is 0.807. The van der Waals surface area contributed by atoms with E-state index in [4.69, 9.17) is 23.2 Å². The molecule has 0 spiro atoms. The Kier molecular flexibility index (Phi) is 4.86. The van der Waals surface area contributed by atoms with Crippen molar-refractivity contribution in [1.82, 2.24) is 14.7 Å². The average Bonchev–Trinajstić information content (AvgIpc) is 3.28. The van der Waals surface area contributed by atoms with Gasteiger partial charge in [0.05, 0.1) is 27.7 Å². The van der Waals surface area contributed by atoms with E-state index in [9.17, 15) is 9.59 Å². The monoisotopic (exact) mass is 424 g/mol. The van der Waals surface area contributed by atoms with Crippen LogP contribution in [0.15, 0.2) is 30.5 Å². The highest BCUT2D eigenvalue weighted by molar-refractivity contribution is 8.01. The minimum absolute atomic E-state index is 0.0434. The minimum atomic E-state index is -0.465. The molecule has 2 aromatic rings. The maximum absolute atomic E-state index is 12.9. The van der Waals surface area contributed by atoms with Crippen LogP contribution in [0.3, 0.4) is 0 Å². The number of carbonyl (C=O) groups excluding carboxylic acids is 2. The summed E-state index contributed by atoms with van der Waals surface area (Å²) in [6.45, 7) is 2.41. The first-order valence-corrected chi connectivity index (χ1v) is 10.3. The number of aromatic nitrogens is 2. The summed E-state index contributed by atoms with van der Waals surface area (Å²) >= 11 is 14.0. The summed E-state index contributed by atoms with van der Waals surface area (Å²) < 4.78 is 1.66. The zero-order valence-electron chi connectivity index (χ0n) is 14.6. The highest BCUT2D eigenvalue weighted by Crippen LogP contribution is 2.47. The molecule has 1 N–H and O–H groups in total. The van der Waals surface area contributed by atoms with Crippen LogP contribution in [0.5, 0.6) is 0 Å². The Bertz CT molecular complexity index is 919. The number of nitrogens with one attached hydrogen (secondary N) is 1. The van der Waals surface area contributed by atoms with Crippen LogP contribution in [0.25, 0.3) is 0 Å². The lowest BCUT2D eigenvalue weighted by atomic mass is 10.2. The van der Waals surface area contributed by atoms with Crippen LogP contribution >= 0.6 is 35.0 Å². The van der Waals surface area contributed by atoms with Crippen LogP contribution < -0.4 is 5.32 Å². The van der Waals surface area contributed by atoms with Crippen molar-refractivity contribution >= 4 is 52.6 Å². The van der Waals surface area contributed by atoms with E-state index < -0.39 is 6.04 Å². The predicted molar refractivity (Wildman–Crippen MR) is 107 cm³/mol. The molecule has 0 radical (unpaired) electrons. The second kappa shape index (κ2) is 7.04. The molecule has 6 nitrogen and oxygen atoms in total. The van der Waals surface area contributed by atoms with Gasteiger partial charge in [0.1, 0.15) is 11.9 Å². The van der Waals surface area contributed by atoms with Gasteiger partial charge in [-0.3, -0.25) is 9.59 Å². The third kappa shape index (κ3) is 3.32. The number of anilines is 1. The van der Waals surface area contributed by atoms with Crippen LogP contribution in [0, 0.1) is 0 Å². The number of carbonyl (C=O) groups is 2. The van der Waals surface area contributed by atoms with E-state index in [1.807, 2.05) is 19.1 Å². The molecule has 2 atom stereocenters. The number of benzene rings is 1. The van der Waals surface area contributed by atoms with Gasteiger partial charge in [0.2, 0.25) is 11.8 Å². The van der Waals surface area contributed by atoms with Crippen molar-refractivity contribution in [3.8, 4) is 0 Å². The van der Waals surface area contributed by atoms with Gasteiger partial charge in [0.25, 0.3) is 0 Å². The summed E-state index contributed by atoms with van der Waals surface area (Å²) in [4.78, 5) is 26.6. The molecule has 2 amide bonds. The van der Waals surface area contributed by atoms with E-state index in [1.54, 1.807) is 39.7 Å². The maximum Gasteiger partial charge on any atom is 0.249 e. The van der Waals surface area contributed by atoms with Crippen molar-refractivity contribution in [3.05, 3.63) is 46.1 Å². The molecule has 0 saturated carbocycles. The SMILES string of the molecule is C[C@]12CCC(=O)N1[C@@H](C(=O)Nc1ccnn1Cc1cccc(Cl)c1Cl)CS2. The number of nitrogens with zero attached hydrogens (tertiary/aromatic N) is 3. The molecule has 142 valence electrons. The molecule has 1 aromatic heterocycles. The first kappa shape index (κ1) is 18.7. The molecule has 0 bridgehead atoms. The van der Waals surface area contributed by atoms with E-state index in [1.165, 1.54) is 0 Å². The van der Waals surface area contributed by atoms with Crippen LogP contribution in [-0.4, -0.2) is 43.2 Å². The summed E-state index contributed by atoms with van der Waals surface area (Å²) in [6, 6.07) is 6.67. The highest BCUT2D eigenvalue weighted by Gasteiger charge is 2.52. The number of hydrogen-bond acceptors (Lipinski definition) is 4. The van der Waals surface area contributed by atoms with Crippen LogP contribution in [0.2, 0.25) is 10.0 Å². The van der Waals surface area contributed by atoms with Gasteiger partial charge in [-0.05, 0) is 25.0 Å². The van der Waals surface area contributed by atoms with Crippen molar-refractivity contribution in [3.63, 3.8) is 0 Å². The molecule has 27 heavy (non-hydrogen) atoms. The van der Waals surface area contributed by atoms with Crippen molar-refractivity contribution < 1.29 is 9.59 Å². The first-order chi connectivity index (χ1) is 12.9. The number of hydrogen-bond donors (Lipinski definition) is 1. The minimum Gasteiger partial charge on any atom is -0.315 e. The molecular weight excluding hydrogens is 407 g/mol. The number of thioether (sulfide) groups is 1. The van der Waals surface area contributed by atoms with Gasteiger partial charge < -0.3 is 10.2 Å². The normalized spacial score (nSPS) is 24.3. The maximum atomic E-state index is 12.9. The van der Waals surface area contributed by atoms with Crippen LogP contribution in [0.1, 0.15) is 25.3 Å². The molecule has 2 fully saturated rings. The molecule has 2 saturated heterocycles. The van der Waals surface area contributed by atoms with E-state index >= 15 is 0 Å². The van der Waals surface area contributed by atoms with Gasteiger partial charge in [0, 0.05) is 18.2 Å². The van der Waals surface area contributed by atoms with Gasteiger partial charge >= 0.3 is 0 Å². The molecule has 3 heterocycles. The quantitative estimate of drug-likeness (QED) is 0.813. The van der Waals surface area contributed by atoms with E-state index in [0.717, 1.165) is 12.0 Å². The molecule has 4 rings (SSSR count). The number of rotatable bonds is 4. The largest absolute Gasteiger partial charge is 0.315 e. The Labute approximate surface area is 171 Å². The smallest absolute Gasteiger partial charge is 0.249 e. The lowest BCUT2D eigenvalue weighted by molar-refractivity contribution is -0.135. The molecular formula is C18H18Cl2N4O2S. The fourth-order valence-electron chi connectivity index (χ4n) is 3.62. The third-order valence-corrected chi connectivity index (χ3v) is 7.43. The van der Waals surface area contributed by atoms with Gasteiger partial charge in [-0.15, -0.1) is 11.8 Å². The molecule has 1 aromatic carbocycles. The Morgan fingerprint density at radius 1 is 1.41 bits per heavy atom. The Morgan fingerprint density at radius 3 is 3.04 bits per heavy atom. The summed E-state index contributed by atoms with van der Waals surface area (Å²) in [5, 5.41) is 8.13. The van der Waals surface area contributed by atoms with Crippen molar-refractivity contribution in [2.75, 3.05) is 11.1 Å². The lowest BCUT2D eigenvalue weighted by Crippen LogP contribution is -2.48. The van der Waals surface area contributed by atoms with Crippen molar-refractivity contribution in [2.45, 2.75) is 37.2 Å². The molecule has 9 heteroatoms. The second-order valence-electron chi connectivity index (χ2n) is 6.84. The standard InChI is InChI=1S/C18H18Cl2N4O2S/c1-18-7-5-15(25)24(18)13(10-27-18)17(26)22-14-6-8-21-23(14)9-11-3-2-4-12(19)16(11)20/h2-4,6,8,13H,5,7,9-10H2,1H3,(H,22,26)/t13-,18+/m1/s1. The second-order valence-corrected chi connectivity index (χ2v) is 9.13. The summed E-state index contributed by atoms with van der Waals surface area (Å²) in [5.74, 6) is 1.01. The number of fused-ring (bicyclic) bond motifs is 1. The van der Waals surface area contributed by atoms with Crippen molar-refractivity contribution in [1.29, 1.82) is 0 Å². The Balaban J connectivity index is 1.51. The molecule has 2 aliphatic rings. The fraction of sp³-hybridized carbons (Fsp3) is 0.389. The van der Waals surface area contributed by atoms with Gasteiger partial charge in [0.15, 0.2) is 0 Å². The highest BCUT2D eigenvalue weighted by atomic mass is 35.5. The Hall–Kier alpha value is -1.70.